The molecule has 0 aliphatic carbocycles. The maximum absolute atomic E-state index is 12.2. The third-order valence-electron chi connectivity index (χ3n) is 6.90. The number of rotatable bonds is 6. The highest BCUT2D eigenvalue weighted by atomic mass is 16.5. The lowest BCUT2D eigenvalue weighted by atomic mass is 9.80. The number of piperidine rings is 1. The molecule has 2 aromatic carbocycles. The number of carbonyl (C=O) groups is 1. The molecule has 1 aromatic heterocycles. The largest absolute Gasteiger partial charge is 0.469 e. The van der Waals surface area contributed by atoms with Gasteiger partial charge in [-0.1, -0.05) is 60.2 Å². The second-order valence-electron chi connectivity index (χ2n) is 8.79. The summed E-state index contributed by atoms with van der Waals surface area (Å²) in [6.45, 7) is 3.05. The first kappa shape index (κ1) is 21.0. The van der Waals surface area contributed by atoms with Crippen LogP contribution in [0.1, 0.15) is 35.7 Å². The molecule has 0 bridgehead atoms. The smallest absolute Gasteiger partial charge is 0.306 e. The molecule has 0 spiro atoms. The lowest BCUT2D eigenvalue weighted by molar-refractivity contribution is -0.141. The number of ether oxygens (including phenoxy) is 2. The highest BCUT2D eigenvalue weighted by Gasteiger charge is 2.38. The Morgan fingerprint density at radius 3 is 2.81 bits per heavy atom. The molecular weight excluding hydrogens is 400 g/mol. The predicted octanol–water partition coefficient (Wildman–Crippen LogP) is 4.79. The van der Waals surface area contributed by atoms with E-state index in [-0.39, 0.29) is 11.9 Å². The Bertz CT molecular complexity index is 1120. The van der Waals surface area contributed by atoms with E-state index in [0.29, 0.717) is 25.7 Å². The van der Waals surface area contributed by atoms with Crippen LogP contribution in [0.4, 0.5) is 0 Å². The van der Waals surface area contributed by atoms with Crippen molar-refractivity contribution >= 4 is 16.9 Å². The summed E-state index contributed by atoms with van der Waals surface area (Å²) < 4.78 is 10.9. The molecule has 5 nitrogen and oxygen atoms in total. The summed E-state index contributed by atoms with van der Waals surface area (Å²) in [6.07, 6.45) is 4.57. The van der Waals surface area contributed by atoms with Crippen LogP contribution in [0.5, 0.6) is 0 Å². The van der Waals surface area contributed by atoms with E-state index in [1.54, 1.807) is 0 Å². The number of nitrogens with one attached hydrogen (secondary N) is 1. The van der Waals surface area contributed by atoms with Crippen LogP contribution < -0.4 is 0 Å². The van der Waals surface area contributed by atoms with Crippen molar-refractivity contribution in [1.82, 2.24) is 9.88 Å². The summed E-state index contributed by atoms with van der Waals surface area (Å²) in [5.74, 6) is 0.0219. The second-order valence-corrected chi connectivity index (χ2v) is 8.79. The lowest BCUT2D eigenvalue weighted by Gasteiger charge is -2.43. The van der Waals surface area contributed by atoms with Gasteiger partial charge in [-0.3, -0.25) is 9.69 Å². The van der Waals surface area contributed by atoms with Gasteiger partial charge in [0, 0.05) is 29.7 Å². The Kier molecular flexibility index (Phi) is 6.10. The standard InChI is InChI=1S/C27H30N2O3/c1-31-26(30)16-21-15-25-27-23(22-9-5-6-10-24(22)28-27)11-13-29(25)17-20(21)12-14-32-18-19-7-3-2-4-8-19/h2-10,12,21,25,28H,11,13-18H2,1H3/b20-12+/t21-,25+/m1/s1. The van der Waals surface area contributed by atoms with Gasteiger partial charge in [-0.25, -0.2) is 0 Å². The summed E-state index contributed by atoms with van der Waals surface area (Å²) in [5, 5.41) is 1.34. The maximum Gasteiger partial charge on any atom is 0.306 e. The fourth-order valence-corrected chi connectivity index (χ4v) is 5.26. The summed E-state index contributed by atoms with van der Waals surface area (Å²) in [7, 11) is 1.47. The molecule has 3 aromatic rings. The first-order chi connectivity index (χ1) is 15.7. The van der Waals surface area contributed by atoms with Crippen LogP contribution >= 0.6 is 0 Å². The highest BCUT2D eigenvalue weighted by Crippen LogP contribution is 2.43. The van der Waals surface area contributed by atoms with E-state index in [9.17, 15) is 4.79 Å². The summed E-state index contributed by atoms with van der Waals surface area (Å²) in [5.41, 5.74) is 6.44. The van der Waals surface area contributed by atoms with Gasteiger partial charge >= 0.3 is 5.97 Å². The van der Waals surface area contributed by atoms with Crippen LogP contribution in [0, 0.1) is 5.92 Å². The number of benzene rings is 2. The summed E-state index contributed by atoms with van der Waals surface area (Å²) >= 11 is 0. The molecule has 32 heavy (non-hydrogen) atoms. The molecule has 1 fully saturated rings. The van der Waals surface area contributed by atoms with Crippen molar-refractivity contribution in [2.45, 2.75) is 31.9 Å². The average Bonchev–Trinajstić information content (AvgIpc) is 3.22. The first-order valence-corrected chi connectivity index (χ1v) is 11.4. The van der Waals surface area contributed by atoms with E-state index in [2.05, 4.69) is 52.4 Å². The number of para-hydroxylation sites is 1. The van der Waals surface area contributed by atoms with E-state index in [1.807, 2.05) is 18.2 Å². The van der Waals surface area contributed by atoms with E-state index in [0.717, 1.165) is 25.9 Å². The molecule has 5 heteroatoms. The van der Waals surface area contributed by atoms with Gasteiger partial charge in [0.2, 0.25) is 0 Å². The average molecular weight is 431 g/mol. The van der Waals surface area contributed by atoms with E-state index >= 15 is 0 Å². The minimum atomic E-state index is -0.146. The molecule has 0 radical (unpaired) electrons. The molecule has 1 saturated heterocycles. The highest BCUT2D eigenvalue weighted by molar-refractivity contribution is 5.85. The van der Waals surface area contributed by atoms with Crippen molar-refractivity contribution < 1.29 is 14.3 Å². The third-order valence-corrected chi connectivity index (χ3v) is 6.90. The predicted molar refractivity (Wildman–Crippen MR) is 125 cm³/mol. The van der Waals surface area contributed by atoms with Crippen LogP contribution in [0.3, 0.4) is 0 Å². The van der Waals surface area contributed by atoms with Crippen LogP contribution in [0.25, 0.3) is 10.9 Å². The van der Waals surface area contributed by atoms with Crippen molar-refractivity contribution in [3.63, 3.8) is 0 Å². The van der Waals surface area contributed by atoms with Crippen molar-refractivity contribution in [3.05, 3.63) is 83.1 Å². The Morgan fingerprint density at radius 2 is 1.97 bits per heavy atom. The number of H-pyrrole nitrogens is 1. The normalized spacial score (nSPS) is 22.0. The number of carbonyl (C=O) groups excluding carboxylic acids is 1. The van der Waals surface area contributed by atoms with Gasteiger partial charge in [-0.15, -0.1) is 0 Å². The molecule has 3 heterocycles. The Hall–Kier alpha value is -2.89. The minimum Gasteiger partial charge on any atom is -0.469 e. The number of aromatic amines is 1. The van der Waals surface area contributed by atoms with Gasteiger partial charge in [0.25, 0.3) is 0 Å². The molecule has 1 N–H and O–H groups in total. The van der Waals surface area contributed by atoms with E-state index in [1.165, 1.54) is 40.4 Å². The summed E-state index contributed by atoms with van der Waals surface area (Å²) in [6, 6.07) is 19.1. The summed E-state index contributed by atoms with van der Waals surface area (Å²) in [4.78, 5) is 18.4. The molecule has 0 amide bonds. The van der Waals surface area contributed by atoms with Crippen molar-refractivity contribution in [3.8, 4) is 0 Å². The zero-order chi connectivity index (χ0) is 21.9. The van der Waals surface area contributed by atoms with Crippen LogP contribution in [0.15, 0.2) is 66.2 Å². The number of hydrogen-bond acceptors (Lipinski definition) is 4. The number of nitrogens with zero attached hydrogens (tertiary/aromatic N) is 1. The topological polar surface area (TPSA) is 54.6 Å². The SMILES string of the molecule is COC(=O)C[C@H]1C[C@H]2c3[nH]c4ccccc4c3CCN2C/C1=C\COCc1ccccc1. The quantitative estimate of drug-likeness (QED) is 0.347. The zero-order valence-corrected chi connectivity index (χ0v) is 18.5. The Balaban J connectivity index is 1.34. The first-order valence-electron chi connectivity index (χ1n) is 11.4. The molecular formula is C27H30N2O3. The van der Waals surface area contributed by atoms with Gasteiger partial charge in [0.15, 0.2) is 0 Å². The van der Waals surface area contributed by atoms with Gasteiger partial charge in [0.05, 0.1) is 32.8 Å². The molecule has 5 rings (SSSR count). The van der Waals surface area contributed by atoms with Crippen molar-refractivity contribution in [2.24, 2.45) is 5.92 Å². The minimum absolute atomic E-state index is 0.146. The second kappa shape index (κ2) is 9.31. The fourth-order valence-electron chi connectivity index (χ4n) is 5.26. The van der Waals surface area contributed by atoms with Crippen molar-refractivity contribution in [2.75, 3.05) is 26.8 Å². The van der Waals surface area contributed by atoms with E-state index < -0.39 is 0 Å². The number of methoxy groups -OCH3 is 1. The number of hydrogen-bond donors (Lipinski definition) is 1. The van der Waals surface area contributed by atoms with Gasteiger partial charge < -0.3 is 14.5 Å². The van der Waals surface area contributed by atoms with Crippen LogP contribution in [0.2, 0.25) is 0 Å². The molecule has 2 atom stereocenters. The lowest BCUT2D eigenvalue weighted by Crippen LogP contribution is -2.43. The molecule has 166 valence electrons. The van der Waals surface area contributed by atoms with Gasteiger partial charge in [-0.05, 0) is 36.0 Å². The van der Waals surface area contributed by atoms with Crippen LogP contribution in [-0.2, 0) is 27.3 Å². The number of fused-ring (bicyclic) bond motifs is 5. The van der Waals surface area contributed by atoms with Gasteiger partial charge in [-0.2, -0.15) is 0 Å². The number of esters is 1. The maximum atomic E-state index is 12.2. The van der Waals surface area contributed by atoms with Crippen molar-refractivity contribution in [1.29, 1.82) is 0 Å². The van der Waals surface area contributed by atoms with E-state index in [4.69, 9.17) is 9.47 Å². The van der Waals surface area contributed by atoms with Crippen LogP contribution in [-0.4, -0.2) is 42.7 Å². The Labute approximate surface area is 189 Å². The Morgan fingerprint density at radius 1 is 1.16 bits per heavy atom. The fraction of sp³-hybridized carbons (Fsp3) is 0.370. The molecule has 0 unspecified atom stereocenters. The van der Waals surface area contributed by atoms with Gasteiger partial charge in [0.1, 0.15) is 0 Å². The number of aromatic nitrogens is 1. The monoisotopic (exact) mass is 430 g/mol. The molecule has 2 aliphatic heterocycles. The third kappa shape index (κ3) is 4.23. The molecule has 2 aliphatic rings. The molecule has 0 saturated carbocycles. The zero-order valence-electron chi connectivity index (χ0n) is 18.5.